The van der Waals surface area contributed by atoms with E-state index in [4.69, 9.17) is 0 Å². The lowest BCUT2D eigenvalue weighted by Crippen LogP contribution is -1.94. The molecule has 0 saturated heterocycles. The van der Waals surface area contributed by atoms with E-state index < -0.39 is 0 Å². The third-order valence-electron chi connectivity index (χ3n) is 18.0. The van der Waals surface area contributed by atoms with Crippen LogP contribution in [0.5, 0.6) is 0 Å². The summed E-state index contributed by atoms with van der Waals surface area (Å²) in [5, 5.41) is 17.5. The summed E-state index contributed by atoms with van der Waals surface area (Å²) < 4.78 is 2.47. The summed E-state index contributed by atoms with van der Waals surface area (Å²) >= 11 is 0. The molecule has 0 aliphatic heterocycles. The van der Waals surface area contributed by atoms with Gasteiger partial charge in [0.1, 0.15) is 0 Å². The van der Waals surface area contributed by atoms with Crippen molar-refractivity contribution in [2.75, 3.05) is 0 Å². The highest BCUT2D eigenvalue weighted by molar-refractivity contribution is 6.18. The monoisotopic (exact) mass is 1080 g/mol. The number of hydrogen-bond donors (Lipinski definition) is 0. The predicted octanol–water partition coefficient (Wildman–Crippen LogP) is 23.4. The van der Waals surface area contributed by atoms with Gasteiger partial charge < -0.3 is 4.57 Å². The molecule has 1 heteroatoms. The van der Waals surface area contributed by atoms with Crippen LogP contribution in [0.1, 0.15) is 0 Å². The Labute approximate surface area is 493 Å². The minimum Gasteiger partial charge on any atom is -0.309 e. The van der Waals surface area contributed by atoms with Crippen molar-refractivity contribution in [2.24, 2.45) is 0 Å². The molecule has 1 aromatic heterocycles. The normalized spacial score (nSPS) is 11.8. The molecule has 17 rings (SSSR count). The summed E-state index contributed by atoms with van der Waals surface area (Å²) in [4.78, 5) is 0. The van der Waals surface area contributed by atoms with Crippen molar-refractivity contribution in [3.05, 3.63) is 322 Å². The summed E-state index contributed by atoms with van der Waals surface area (Å²) in [5.74, 6) is 0. The van der Waals surface area contributed by atoms with Crippen LogP contribution in [0.2, 0.25) is 0 Å². The van der Waals surface area contributed by atoms with E-state index in [1.165, 1.54) is 153 Å². The molecule has 0 saturated carbocycles. The SMILES string of the molecule is c1ccc(-c2cc(-c3cc4ccccc4c4ccccc34)ccc2-c2ccc3c(c2)c2cc(-c4ccc(-c5cc6ccccc6c6ccccc56)cc4-c4ccccc4)ccc2n3-c2ccc(-c3cc4ccccc4c4ccccc34)cc2)cc1. The second kappa shape index (κ2) is 19.8. The van der Waals surface area contributed by atoms with Crippen molar-refractivity contribution >= 4 is 86.4 Å². The van der Waals surface area contributed by atoms with E-state index >= 15 is 0 Å². The molecule has 0 spiro atoms. The van der Waals surface area contributed by atoms with Crippen molar-refractivity contribution in [3.63, 3.8) is 0 Å². The van der Waals surface area contributed by atoms with Crippen molar-refractivity contribution in [2.45, 2.75) is 0 Å². The van der Waals surface area contributed by atoms with Gasteiger partial charge in [0, 0.05) is 16.5 Å². The topological polar surface area (TPSA) is 4.93 Å². The van der Waals surface area contributed by atoms with Gasteiger partial charge in [-0.15, -0.1) is 0 Å². The molecule has 394 valence electrons. The number of nitrogens with zero attached hydrogens (tertiary/aromatic N) is 1. The summed E-state index contributed by atoms with van der Waals surface area (Å²) in [5.41, 5.74) is 20.2. The largest absolute Gasteiger partial charge is 0.309 e. The van der Waals surface area contributed by atoms with Crippen LogP contribution >= 0.6 is 0 Å². The van der Waals surface area contributed by atoms with Gasteiger partial charge in [-0.1, -0.05) is 255 Å². The van der Waals surface area contributed by atoms with Crippen LogP contribution < -0.4 is 0 Å². The van der Waals surface area contributed by atoms with Gasteiger partial charge in [0.05, 0.1) is 11.0 Å². The second-order valence-corrected chi connectivity index (χ2v) is 22.7. The van der Waals surface area contributed by atoms with Crippen LogP contribution in [0.15, 0.2) is 322 Å². The quantitative estimate of drug-likeness (QED) is 0.134. The van der Waals surface area contributed by atoms with Gasteiger partial charge >= 0.3 is 0 Å². The Bertz CT molecular complexity index is 5250. The maximum atomic E-state index is 2.47. The number of fused-ring (bicyclic) bond motifs is 12. The predicted molar refractivity (Wildman–Crippen MR) is 364 cm³/mol. The molecular weight excluding hydrogens is 1020 g/mol. The molecule has 0 fully saturated rings. The molecule has 0 unspecified atom stereocenters. The molecule has 0 atom stereocenters. The molecule has 0 radical (unpaired) electrons. The van der Waals surface area contributed by atoms with E-state index in [0.29, 0.717) is 0 Å². The average Bonchev–Trinajstić information content (AvgIpc) is 2.38. The first-order valence-electron chi connectivity index (χ1n) is 29.5. The van der Waals surface area contributed by atoms with Crippen LogP contribution in [0.25, 0.3) is 170 Å². The van der Waals surface area contributed by atoms with E-state index in [0.717, 1.165) is 16.7 Å². The smallest absolute Gasteiger partial charge is 0.0541 e. The molecule has 0 bridgehead atoms. The van der Waals surface area contributed by atoms with Crippen LogP contribution in [-0.2, 0) is 0 Å². The van der Waals surface area contributed by atoms with Gasteiger partial charge in [-0.3, -0.25) is 0 Å². The molecule has 85 heavy (non-hydrogen) atoms. The molecule has 0 N–H and O–H groups in total. The fourth-order valence-corrected chi connectivity index (χ4v) is 13.9. The molecule has 1 heterocycles. The maximum absolute atomic E-state index is 2.47. The van der Waals surface area contributed by atoms with E-state index in [1.807, 2.05) is 0 Å². The minimum absolute atomic E-state index is 1.11. The third-order valence-corrected chi connectivity index (χ3v) is 18.0. The summed E-state index contributed by atoms with van der Waals surface area (Å²) in [6.07, 6.45) is 0. The van der Waals surface area contributed by atoms with Crippen molar-refractivity contribution in [1.82, 2.24) is 4.57 Å². The highest BCUT2D eigenvalue weighted by Crippen LogP contribution is 2.46. The molecule has 0 aliphatic carbocycles. The first-order valence-corrected chi connectivity index (χ1v) is 29.5. The first-order chi connectivity index (χ1) is 42.1. The highest BCUT2D eigenvalue weighted by Gasteiger charge is 2.21. The zero-order chi connectivity index (χ0) is 56.0. The fourth-order valence-electron chi connectivity index (χ4n) is 13.9. The van der Waals surface area contributed by atoms with E-state index in [9.17, 15) is 0 Å². The zero-order valence-corrected chi connectivity index (χ0v) is 46.5. The Morgan fingerprint density at radius 3 is 0.847 bits per heavy atom. The van der Waals surface area contributed by atoms with Gasteiger partial charge in [-0.25, -0.2) is 0 Å². The van der Waals surface area contributed by atoms with E-state index in [-0.39, 0.29) is 0 Å². The van der Waals surface area contributed by atoms with Crippen molar-refractivity contribution in [3.8, 4) is 83.6 Å². The third kappa shape index (κ3) is 8.08. The van der Waals surface area contributed by atoms with Crippen LogP contribution in [-0.4, -0.2) is 4.57 Å². The Morgan fingerprint density at radius 2 is 0.447 bits per heavy atom. The summed E-state index contributed by atoms with van der Waals surface area (Å²) in [7, 11) is 0. The summed E-state index contributed by atoms with van der Waals surface area (Å²) in [6.45, 7) is 0. The number of aromatic nitrogens is 1. The van der Waals surface area contributed by atoms with Crippen LogP contribution in [0.3, 0.4) is 0 Å². The molecule has 16 aromatic carbocycles. The number of rotatable bonds is 8. The van der Waals surface area contributed by atoms with Gasteiger partial charge in [0.2, 0.25) is 0 Å². The molecular formula is C84H53N. The molecule has 0 amide bonds. The van der Waals surface area contributed by atoms with E-state index in [1.54, 1.807) is 0 Å². The molecule has 1 nitrogen and oxygen atoms in total. The Kier molecular flexibility index (Phi) is 11.3. The number of hydrogen-bond acceptors (Lipinski definition) is 0. The van der Waals surface area contributed by atoms with E-state index in [2.05, 4.69) is 326 Å². The zero-order valence-electron chi connectivity index (χ0n) is 46.5. The van der Waals surface area contributed by atoms with Crippen molar-refractivity contribution in [1.29, 1.82) is 0 Å². The lowest BCUT2D eigenvalue weighted by atomic mass is 9.87. The van der Waals surface area contributed by atoms with Crippen molar-refractivity contribution < 1.29 is 0 Å². The average molecular weight is 1080 g/mol. The van der Waals surface area contributed by atoms with Gasteiger partial charge in [-0.05, 0) is 209 Å². The van der Waals surface area contributed by atoms with Crippen LogP contribution in [0, 0.1) is 0 Å². The molecule has 0 aliphatic rings. The lowest BCUT2D eigenvalue weighted by molar-refractivity contribution is 1.18. The highest BCUT2D eigenvalue weighted by atomic mass is 15.0. The maximum Gasteiger partial charge on any atom is 0.0541 e. The lowest BCUT2D eigenvalue weighted by Gasteiger charge is -2.16. The fraction of sp³-hybridized carbons (Fsp3) is 0. The minimum atomic E-state index is 1.11. The summed E-state index contributed by atoms with van der Waals surface area (Å²) in [6, 6.07) is 119. The first kappa shape index (κ1) is 48.6. The Morgan fingerprint density at radius 1 is 0.153 bits per heavy atom. The standard InChI is InChI=1S/C84H53N/c1-3-19-54(20-4-1)76-50-62(79-48-58-24-8-11-27-66(58)71-30-14-17-33-74(71)79)37-43-68(76)60-39-45-83-81(52-60)82-53-61(40-46-84(82)85(83)64-41-35-56(36-42-64)78-47-57-23-7-10-26-65(57)70-29-13-16-32-73(70)78)69-44-38-63(51-77(69)55-21-5-2-6-22-55)80-49-59-25-9-12-28-67(59)72-31-15-18-34-75(72)80/h1-53H. The van der Waals surface area contributed by atoms with Gasteiger partial charge in [-0.2, -0.15) is 0 Å². The van der Waals surface area contributed by atoms with Crippen LogP contribution in [0.4, 0.5) is 0 Å². The van der Waals surface area contributed by atoms with Gasteiger partial charge in [0.15, 0.2) is 0 Å². The Balaban J connectivity index is 0.868. The molecule has 17 aromatic rings. The van der Waals surface area contributed by atoms with Gasteiger partial charge in [0.25, 0.3) is 0 Å². The number of benzene rings is 16. The second-order valence-electron chi connectivity index (χ2n) is 22.7. The Hall–Kier alpha value is -11.1.